The maximum atomic E-state index is 12.1. The van der Waals surface area contributed by atoms with Gasteiger partial charge in [-0.1, -0.05) is 49.5 Å². The number of thioether (sulfide) groups is 1. The molecule has 0 saturated heterocycles. The van der Waals surface area contributed by atoms with Crippen molar-refractivity contribution < 1.29 is 9.59 Å². The molecule has 0 spiro atoms. The first-order valence-corrected chi connectivity index (χ1v) is 11.2. The molecule has 0 bridgehead atoms. The molecule has 0 fully saturated rings. The highest BCUT2D eigenvalue weighted by molar-refractivity contribution is 7.99. The van der Waals surface area contributed by atoms with Crippen molar-refractivity contribution in [3.63, 3.8) is 0 Å². The summed E-state index contributed by atoms with van der Waals surface area (Å²) < 4.78 is 2.03. The molecule has 0 unspecified atom stereocenters. The molecule has 9 heteroatoms. The predicted octanol–water partition coefficient (Wildman–Crippen LogP) is 4.51. The van der Waals surface area contributed by atoms with Crippen molar-refractivity contribution in [2.45, 2.75) is 64.2 Å². The first kappa shape index (κ1) is 23.2. The van der Waals surface area contributed by atoms with Crippen LogP contribution in [0.4, 0.5) is 4.79 Å². The van der Waals surface area contributed by atoms with Gasteiger partial charge in [0.1, 0.15) is 0 Å². The lowest BCUT2D eigenvalue weighted by Gasteiger charge is -2.11. The Hall–Kier alpha value is -2.06. The molecule has 1 heterocycles. The third-order valence-electron chi connectivity index (χ3n) is 4.06. The Morgan fingerprint density at radius 1 is 1.14 bits per heavy atom. The quantitative estimate of drug-likeness (QED) is 0.421. The molecule has 0 aliphatic rings. The normalized spacial score (nSPS) is 10.9. The van der Waals surface area contributed by atoms with E-state index in [0.717, 1.165) is 37.2 Å². The van der Waals surface area contributed by atoms with Crippen molar-refractivity contribution in [3.8, 4) is 11.4 Å². The van der Waals surface area contributed by atoms with E-state index in [1.807, 2.05) is 42.7 Å². The van der Waals surface area contributed by atoms with Gasteiger partial charge in [-0.3, -0.25) is 10.1 Å². The summed E-state index contributed by atoms with van der Waals surface area (Å²) in [5.41, 5.74) is 0.921. The SMILES string of the molecule is CCCCCCn1c(SCC(=O)NC(=O)NC(C)C)nnc1-c1ccc(Cl)cc1. The number of hydrogen-bond donors (Lipinski definition) is 2. The van der Waals surface area contributed by atoms with E-state index in [9.17, 15) is 9.59 Å². The number of nitrogens with one attached hydrogen (secondary N) is 2. The van der Waals surface area contributed by atoms with Crippen molar-refractivity contribution in [1.29, 1.82) is 0 Å². The molecule has 2 rings (SSSR count). The van der Waals surface area contributed by atoms with Gasteiger partial charge in [0.2, 0.25) is 5.91 Å². The van der Waals surface area contributed by atoms with E-state index in [0.29, 0.717) is 10.2 Å². The Labute approximate surface area is 181 Å². The number of urea groups is 1. The number of carbonyl (C=O) groups is 2. The molecule has 7 nitrogen and oxygen atoms in total. The first-order valence-electron chi connectivity index (χ1n) is 9.83. The molecule has 0 aliphatic carbocycles. The fourth-order valence-electron chi connectivity index (χ4n) is 2.70. The van der Waals surface area contributed by atoms with Crippen LogP contribution in [0.5, 0.6) is 0 Å². The summed E-state index contributed by atoms with van der Waals surface area (Å²) in [7, 11) is 0. The number of benzene rings is 1. The van der Waals surface area contributed by atoms with Crippen LogP contribution in [0.2, 0.25) is 5.02 Å². The van der Waals surface area contributed by atoms with Gasteiger partial charge in [0.25, 0.3) is 0 Å². The van der Waals surface area contributed by atoms with E-state index >= 15 is 0 Å². The van der Waals surface area contributed by atoms with Crippen LogP contribution in [-0.2, 0) is 11.3 Å². The number of imide groups is 1. The second-order valence-corrected chi connectivity index (χ2v) is 8.37. The Morgan fingerprint density at radius 3 is 2.52 bits per heavy atom. The van der Waals surface area contributed by atoms with Gasteiger partial charge in [0.05, 0.1) is 5.75 Å². The zero-order chi connectivity index (χ0) is 21.2. The second-order valence-electron chi connectivity index (χ2n) is 6.99. The summed E-state index contributed by atoms with van der Waals surface area (Å²) in [5.74, 6) is 0.458. The average Bonchev–Trinajstić information content (AvgIpc) is 3.06. The summed E-state index contributed by atoms with van der Waals surface area (Å²) in [4.78, 5) is 23.7. The second kappa shape index (κ2) is 11.8. The summed E-state index contributed by atoms with van der Waals surface area (Å²) in [5, 5.41) is 14.9. The Balaban J connectivity index is 2.08. The summed E-state index contributed by atoms with van der Waals surface area (Å²) in [6.07, 6.45) is 4.46. The molecule has 29 heavy (non-hydrogen) atoms. The number of carbonyl (C=O) groups excluding carboxylic acids is 2. The smallest absolute Gasteiger partial charge is 0.321 e. The number of nitrogens with zero attached hydrogens (tertiary/aromatic N) is 3. The minimum absolute atomic E-state index is 0.0383. The lowest BCUT2D eigenvalue weighted by Crippen LogP contribution is -2.43. The third-order valence-corrected chi connectivity index (χ3v) is 5.28. The first-order chi connectivity index (χ1) is 13.9. The predicted molar refractivity (Wildman–Crippen MR) is 117 cm³/mol. The Morgan fingerprint density at radius 2 is 1.86 bits per heavy atom. The molecule has 158 valence electrons. The Bertz CT molecular complexity index is 808. The highest BCUT2D eigenvalue weighted by Crippen LogP contribution is 2.25. The van der Waals surface area contributed by atoms with E-state index in [2.05, 4.69) is 27.8 Å². The topological polar surface area (TPSA) is 88.9 Å². The van der Waals surface area contributed by atoms with Crippen molar-refractivity contribution in [1.82, 2.24) is 25.4 Å². The van der Waals surface area contributed by atoms with Gasteiger partial charge in [-0.15, -0.1) is 10.2 Å². The van der Waals surface area contributed by atoms with Crippen LogP contribution in [0.15, 0.2) is 29.4 Å². The highest BCUT2D eigenvalue weighted by atomic mass is 35.5. The summed E-state index contributed by atoms with van der Waals surface area (Å²) in [6, 6.07) is 6.93. The molecule has 0 saturated carbocycles. The van der Waals surface area contributed by atoms with E-state index in [1.54, 1.807) is 0 Å². The lowest BCUT2D eigenvalue weighted by molar-refractivity contribution is -0.117. The van der Waals surface area contributed by atoms with Crippen LogP contribution in [-0.4, -0.2) is 38.5 Å². The van der Waals surface area contributed by atoms with E-state index in [4.69, 9.17) is 11.6 Å². The fraction of sp³-hybridized carbons (Fsp3) is 0.500. The van der Waals surface area contributed by atoms with Gasteiger partial charge in [0.15, 0.2) is 11.0 Å². The van der Waals surface area contributed by atoms with Gasteiger partial charge in [-0.2, -0.15) is 0 Å². The maximum absolute atomic E-state index is 12.1. The number of unbranched alkanes of at least 4 members (excludes halogenated alkanes) is 3. The zero-order valence-electron chi connectivity index (χ0n) is 17.1. The van der Waals surface area contributed by atoms with Crippen molar-refractivity contribution in [2.24, 2.45) is 0 Å². The number of rotatable bonds is 10. The number of aromatic nitrogens is 3. The van der Waals surface area contributed by atoms with Gasteiger partial charge < -0.3 is 9.88 Å². The molecule has 0 radical (unpaired) electrons. The van der Waals surface area contributed by atoms with Gasteiger partial charge >= 0.3 is 6.03 Å². The van der Waals surface area contributed by atoms with Crippen LogP contribution in [0.3, 0.4) is 0 Å². The zero-order valence-corrected chi connectivity index (χ0v) is 18.6. The summed E-state index contributed by atoms with van der Waals surface area (Å²) >= 11 is 7.27. The fourth-order valence-corrected chi connectivity index (χ4v) is 3.59. The summed E-state index contributed by atoms with van der Waals surface area (Å²) in [6.45, 7) is 6.60. The molecule has 2 N–H and O–H groups in total. The minimum atomic E-state index is -0.492. The van der Waals surface area contributed by atoms with Crippen LogP contribution in [0.25, 0.3) is 11.4 Å². The molecular formula is C20H28ClN5O2S. The molecule has 0 aliphatic heterocycles. The van der Waals surface area contributed by atoms with Crippen LogP contribution < -0.4 is 10.6 Å². The molecule has 1 aromatic carbocycles. The van der Waals surface area contributed by atoms with Crippen LogP contribution in [0, 0.1) is 0 Å². The standard InChI is InChI=1S/C20H28ClN5O2S/c1-4-5-6-7-12-26-18(15-8-10-16(21)11-9-15)24-25-20(26)29-13-17(27)23-19(28)22-14(2)3/h8-11,14H,4-7,12-13H2,1-3H3,(H2,22,23,27,28). The third kappa shape index (κ3) is 7.70. The number of hydrogen-bond acceptors (Lipinski definition) is 5. The van der Waals surface area contributed by atoms with Gasteiger partial charge in [0, 0.05) is 23.2 Å². The molecule has 0 atom stereocenters. The Kier molecular flexibility index (Phi) is 9.47. The van der Waals surface area contributed by atoms with Crippen molar-refractivity contribution in [3.05, 3.63) is 29.3 Å². The number of halogens is 1. The van der Waals surface area contributed by atoms with Crippen molar-refractivity contribution >= 4 is 35.3 Å². The number of amides is 3. The van der Waals surface area contributed by atoms with Gasteiger partial charge in [-0.25, -0.2) is 4.79 Å². The maximum Gasteiger partial charge on any atom is 0.321 e. The van der Waals surface area contributed by atoms with Gasteiger partial charge in [-0.05, 0) is 44.5 Å². The van der Waals surface area contributed by atoms with E-state index in [-0.39, 0.29) is 17.7 Å². The largest absolute Gasteiger partial charge is 0.336 e. The van der Waals surface area contributed by atoms with Crippen molar-refractivity contribution in [2.75, 3.05) is 5.75 Å². The molecule has 2 aromatic rings. The lowest BCUT2D eigenvalue weighted by atomic mass is 10.2. The highest BCUT2D eigenvalue weighted by Gasteiger charge is 2.16. The molecule has 1 aromatic heterocycles. The molecule has 3 amide bonds. The van der Waals surface area contributed by atoms with E-state index in [1.165, 1.54) is 18.2 Å². The van der Waals surface area contributed by atoms with Crippen LogP contribution in [0.1, 0.15) is 46.5 Å². The van der Waals surface area contributed by atoms with E-state index < -0.39 is 6.03 Å². The van der Waals surface area contributed by atoms with Crippen LogP contribution >= 0.6 is 23.4 Å². The molecular weight excluding hydrogens is 410 g/mol. The monoisotopic (exact) mass is 437 g/mol. The average molecular weight is 438 g/mol. The minimum Gasteiger partial charge on any atom is -0.336 e.